The van der Waals surface area contributed by atoms with Crippen LogP contribution in [0, 0.1) is 11.8 Å². The van der Waals surface area contributed by atoms with Gasteiger partial charge in [0.25, 0.3) is 5.56 Å². The fourth-order valence-corrected chi connectivity index (χ4v) is 3.80. The summed E-state index contributed by atoms with van der Waals surface area (Å²) in [7, 11) is 3.21. The zero-order chi connectivity index (χ0) is 18.3. The third kappa shape index (κ3) is 3.29. The first-order valence-corrected chi connectivity index (χ1v) is 9.17. The Morgan fingerprint density at radius 1 is 1.20 bits per heavy atom. The molecular formula is C18H29N5O2. The van der Waals surface area contributed by atoms with E-state index in [2.05, 4.69) is 25.7 Å². The summed E-state index contributed by atoms with van der Waals surface area (Å²) < 4.78 is 4.69. The van der Waals surface area contributed by atoms with Gasteiger partial charge in [-0.25, -0.2) is 9.78 Å². The summed E-state index contributed by atoms with van der Waals surface area (Å²) in [4.78, 5) is 32.1. The van der Waals surface area contributed by atoms with Gasteiger partial charge in [-0.3, -0.25) is 18.8 Å². The van der Waals surface area contributed by atoms with Crippen LogP contribution in [0.3, 0.4) is 0 Å². The van der Waals surface area contributed by atoms with Gasteiger partial charge in [0.05, 0.1) is 6.54 Å². The SMILES string of the molecule is CC(C)Cn1c(CN2CCC[C@H](C)C2)nc2c1c(=O)n(C)c(=O)n2C. The number of hydrogen-bond donors (Lipinski definition) is 0. The van der Waals surface area contributed by atoms with Crippen LogP contribution in [0.5, 0.6) is 0 Å². The van der Waals surface area contributed by atoms with Crippen molar-refractivity contribution in [2.24, 2.45) is 25.9 Å². The Morgan fingerprint density at radius 2 is 1.92 bits per heavy atom. The summed E-state index contributed by atoms with van der Waals surface area (Å²) in [5, 5.41) is 0. The van der Waals surface area contributed by atoms with Crippen molar-refractivity contribution >= 4 is 11.2 Å². The molecule has 2 aromatic heterocycles. The molecule has 138 valence electrons. The molecule has 7 nitrogen and oxygen atoms in total. The first-order chi connectivity index (χ1) is 11.8. The smallest absolute Gasteiger partial charge is 0.321 e. The number of nitrogens with zero attached hydrogens (tertiary/aromatic N) is 5. The van der Waals surface area contributed by atoms with Gasteiger partial charge < -0.3 is 4.57 Å². The minimum Gasteiger partial charge on any atom is -0.321 e. The molecule has 25 heavy (non-hydrogen) atoms. The van der Waals surface area contributed by atoms with Crippen LogP contribution in [0.1, 0.15) is 39.4 Å². The minimum atomic E-state index is -0.329. The lowest BCUT2D eigenvalue weighted by Crippen LogP contribution is -2.37. The van der Waals surface area contributed by atoms with Crippen LogP contribution in [0.15, 0.2) is 9.59 Å². The second kappa shape index (κ2) is 6.78. The van der Waals surface area contributed by atoms with Crippen LogP contribution >= 0.6 is 0 Å². The molecule has 0 aliphatic carbocycles. The third-order valence-corrected chi connectivity index (χ3v) is 5.08. The van der Waals surface area contributed by atoms with Crippen molar-refractivity contribution < 1.29 is 0 Å². The van der Waals surface area contributed by atoms with E-state index in [4.69, 9.17) is 4.98 Å². The highest BCUT2D eigenvalue weighted by molar-refractivity contribution is 5.71. The second-order valence-corrected chi connectivity index (χ2v) is 7.89. The first kappa shape index (κ1) is 17.9. The van der Waals surface area contributed by atoms with Crippen LogP contribution < -0.4 is 11.2 Å². The van der Waals surface area contributed by atoms with E-state index in [9.17, 15) is 9.59 Å². The highest BCUT2D eigenvalue weighted by Crippen LogP contribution is 2.20. The van der Waals surface area contributed by atoms with Gasteiger partial charge in [-0.05, 0) is 31.2 Å². The Bertz CT molecular complexity index is 889. The van der Waals surface area contributed by atoms with Crippen molar-refractivity contribution in [3.63, 3.8) is 0 Å². The summed E-state index contributed by atoms with van der Waals surface area (Å²) in [5.41, 5.74) is 0.446. The minimum absolute atomic E-state index is 0.260. The predicted molar refractivity (Wildman–Crippen MR) is 98.7 cm³/mol. The maximum absolute atomic E-state index is 12.7. The van der Waals surface area contributed by atoms with E-state index < -0.39 is 0 Å². The molecule has 0 aromatic carbocycles. The summed E-state index contributed by atoms with van der Waals surface area (Å²) in [5.74, 6) is 1.96. The molecule has 1 aliphatic rings. The van der Waals surface area contributed by atoms with E-state index in [0.29, 0.717) is 23.0 Å². The lowest BCUT2D eigenvalue weighted by Gasteiger charge is -2.30. The maximum atomic E-state index is 12.7. The van der Waals surface area contributed by atoms with E-state index >= 15 is 0 Å². The van der Waals surface area contributed by atoms with Crippen molar-refractivity contribution in [3.8, 4) is 0 Å². The van der Waals surface area contributed by atoms with Crippen molar-refractivity contribution in [3.05, 3.63) is 26.7 Å². The molecule has 1 aliphatic heterocycles. The molecule has 0 amide bonds. The van der Waals surface area contributed by atoms with Crippen molar-refractivity contribution in [1.29, 1.82) is 0 Å². The molecule has 2 aromatic rings. The Morgan fingerprint density at radius 3 is 2.56 bits per heavy atom. The Labute approximate surface area is 147 Å². The fraction of sp³-hybridized carbons (Fsp3) is 0.722. The predicted octanol–water partition coefficient (Wildman–Crippen LogP) is 1.32. The van der Waals surface area contributed by atoms with Crippen LogP contribution in [-0.4, -0.2) is 36.7 Å². The molecular weight excluding hydrogens is 318 g/mol. The molecule has 0 bridgehead atoms. The lowest BCUT2D eigenvalue weighted by molar-refractivity contribution is 0.170. The van der Waals surface area contributed by atoms with E-state index in [0.717, 1.165) is 32.0 Å². The normalized spacial score (nSPS) is 19.2. The molecule has 1 fully saturated rings. The lowest BCUT2D eigenvalue weighted by atomic mass is 10.0. The van der Waals surface area contributed by atoms with Gasteiger partial charge >= 0.3 is 5.69 Å². The summed E-state index contributed by atoms with van der Waals surface area (Å²) >= 11 is 0. The van der Waals surface area contributed by atoms with Crippen molar-refractivity contribution in [2.45, 2.75) is 46.7 Å². The molecule has 3 heterocycles. The zero-order valence-electron chi connectivity index (χ0n) is 15.9. The number of fused-ring (bicyclic) bond motifs is 1. The van der Waals surface area contributed by atoms with Crippen LogP contribution in [-0.2, 0) is 27.2 Å². The number of aromatic nitrogens is 4. The summed E-state index contributed by atoms with van der Waals surface area (Å²) in [6.45, 7) is 10.1. The summed E-state index contributed by atoms with van der Waals surface area (Å²) in [6.07, 6.45) is 2.47. The highest BCUT2D eigenvalue weighted by atomic mass is 16.2. The molecule has 0 N–H and O–H groups in total. The van der Waals surface area contributed by atoms with Gasteiger partial charge in [0.1, 0.15) is 5.82 Å². The van der Waals surface area contributed by atoms with Gasteiger partial charge in [0.2, 0.25) is 0 Å². The van der Waals surface area contributed by atoms with Gasteiger partial charge in [-0.1, -0.05) is 20.8 Å². The molecule has 1 saturated heterocycles. The van der Waals surface area contributed by atoms with Crippen molar-refractivity contribution in [2.75, 3.05) is 13.1 Å². The van der Waals surface area contributed by atoms with E-state index in [1.54, 1.807) is 7.05 Å². The molecule has 0 radical (unpaired) electrons. The topological polar surface area (TPSA) is 65.1 Å². The van der Waals surface area contributed by atoms with Gasteiger partial charge in [0, 0.05) is 27.2 Å². The van der Waals surface area contributed by atoms with Crippen molar-refractivity contribution in [1.82, 2.24) is 23.6 Å². The maximum Gasteiger partial charge on any atom is 0.332 e. The summed E-state index contributed by atoms with van der Waals surface area (Å²) in [6, 6.07) is 0. The quantitative estimate of drug-likeness (QED) is 0.837. The Kier molecular flexibility index (Phi) is 4.86. The second-order valence-electron chi connectivity index (χ2n) is 7.89. The Balaban J connectivity index is 2.14. The van der Waals surface area contributed by atoms with Gasteiger partial charge in [-0.2, -0.15) is 0 Å². The van der Waals surface area contributed by atoms with Gasteiger partial charge in [0.15, 0.2) is 11.2 Å². The largest absolute Gasteiger partial charge is 0.332 e. The molecule has 1 atom stereocenters. The van der Waals surface area contributed by atoms with Gasteiger partial charge in [-0.15, -0.1) is 0 Å². The highest BCUT2D eigenvalue weighted by Gasteiger charge is 2.23. The standard InChI is InChI=1S/C18H29N5O2/c1-12(2)9-23-14(11-22-8-6-7-13(3)10-22)19-16-15(23)17(24)21(5)18(25)20(16)4/h12-13H,6-11H2,1-5H3/t13-/m0/s1. The zero-order valence-corrected chi connectivity index (χ0v) is 15.9. The molecule has 0 saturated carbocycles. The molecule has 0 spiro atoms. The first-order valence-electron chi connectivity index (χ1n) is 9.17. The van der Waals surface area contributed by atoms with E-state index in [1.165, 1.54) is 29.0 Å². The monoisotopic (exact) mass is 347 g/mol. The average molecular weight is 347 g/mol. The number of likely N-dealkylation sites (tertiary alicyclic amines) is 1. The van der Waals surface area contributed by atoms with E-state index in [-0.39, 0.29) is 11.2 Å². The Hall–Kier alpha value is -1.89. The number of rotatable bonds is 4. The number of aryl methyl sites for hydroxylation is 1. The molecule has 7 heteroatoms. The van der Waals surface area contributed by atoms with Crippen LogP contribution in [0.25, 0.3) is 11.2 Å². The number of piperidine rings is 1. The van der Waals surface area contributed by atoms with E-state index in [1.807, 2.05) is 4.57 Å². The van der Waals surface area contributed by atoms with Crippen LogP contribution in [0.4, 0.5) is 0 Å². The molecule has 3 rings (SSSR count). The number of imidazole rings is 1. The average Bonchev–Trinajstić information content (AvgIpc) is 2.89. The molecule has 0 unspecified atom stereocenters. The fourth-order valence-electron chi connectivity index (χ4n) is 3.80. The van der Waals surface area contributed by atoms with Crippen LogP contribution in [0.2, 0.25) is 0 Å². The number of hydrogen-bond acceptors (Lipinski definition) is 4. The third-order valence-electron chi connectivity index (χ3n) is 5.08.